The molecule has 0 radical (unpaired) electrons. The number of hydrogen-bond donors (Lipinski definition) is 0. The molecule has 84 valence electrons. The number of nitrogens with zero attached hydrogens (tertiary/aromatic N) is 1. The smallest absolute Gasteiger partial charge is 0.309 e. The zero-order valence-electron chi connectivity index (χ0n) is 10.2. The van der Waals surface area contributed by atoms with Gasteiger partial charge in [-0.25, -0.2) is 0 Å². The maximum atomic E-state index is 11.5. The standard InChI is InChI=1S/C11H24NO2/c1-6-10(7-2)11(13)14-9-8-12(3,4)5/h10H,6-9H2,1-5H3/q+1. The van der Waals surface area contributed by atoms with Gasteiger partial charge in [0.05, 0.1) is 27.1 Å². The molecule has 0 aromatic rings. The lowest BCUT2D eigenvalue weighted by Crippen LogP contribution is -2.38. The highest BCUT2D eigenvalue weighted by Gasteiger charge is 2.16. The first kappa shape index (κ1) is 13.4. The van der Waals surface area contributed by atoms with Crippen LogP contribution in [0.25, 0.3) is 0 Å². The molecule has 0 amide bonds. The summed E-state index contributed by atoms with van der Waals surface area (Å²) in [4.78, 5) is 11.5. The summed E-state index contributed by atoms with van der Waals surface area (Å²) in [5.41, 5.74) is 0. The van der Waals surface area contributed by atoms with E-state index in [0.29, 0.717) is 6.61 Å². The van der Waals surface area contributed by atoms with Crippen molar-refractivity contribution in [2.75, 3.05) is 34.3 Å². The molecule has 0 heterocycles. The third-order valence-electron chi connectivity index (χ3n) is 2.33. The average Bonchev–Trinajstić information content (AvgIpc) is 2.04. The van der Waals surface area contributed by atoms with Gasteiger partial charge >= 0.3 is 5.97 Å². The van der Waals surface area contributed by atoms with Crippen LogP contribution in [0.4, 0.5) is 0 Å². The molecule has 14 heavy (non-hydrogen) atoms. The molecule has 3 nitrogen and oxygen atoms in total. The van der Waals surface area contributed by atoms with E-state index in [1.165, 1.54) is 0 Å². The molecule has 0 rings (SSSR count). The summed E-state index contributed by atoms with van der Waals surface area (Å²) < 4.78 is 6.04. The Hall–Kier alpha value is -0.570. The van der Waals surface area contributed by atoms with E-state index in [1.807, 2.05) is 13.8 Å². The second kappa shape index (κ2) is 6.02. The molecule has 0 unspecified atom stereocenters. The highest BCUT2D eigenvalue weighted by Crippen LogP contribution is 2.09. The van der Waals surface area contributed by atoms with Gasteiger partial charge in [-0.3, -0.25) is 4.79 Å². The average molecular weight is 202 g/mol. The van der Waals surface area contributed by atoms with Crippen molar-refractivity contribution >= 4 is 5.97 Å². The second-order valence-corrected chi connectivity index (χ2v) is 4.69. The Morgan fingerprint density at radius 3 is 2.07 bits per heavy atom. The Balaban J connectivity index is 3.74. The first-order chi connectivity index (χ1) is 6.40. The fourth-order valence-corrected chi connectivity index (χ4v) is 1.16. The molecular weight excluding hydrogens is 178 g/mol. The van der Waals surface area contributed by atoms with E-state index in [9.17, 15) is 4.79 Å². The molecule has 0 aliphatic rings. The van der Waals surface area contributed by atoms with Crippen LogP contribution >= 0.6 is 0 Å². The lowest BCUT2D eigenvalue weighted by Gasteiger charge is -2.23. The number of quaternary nitrogens is 1. The summed E-state index contributed by atoms with van der Waals surface area (Å²) in [6, 6.07) is 0. The van der Waals surface area contributed by atoms with Crippen molar-refractivity contribution < 1.29 is 14.0 Å². The van der Waals surface area contributed by atoms with E-state index in [1.54, 1.807) is 0 Å². The normalized spacial score (nSPS) is 11.9. The Bertz CT molecular complexity index is 169. The number of rotatable bonds is 6. The number of esters is 1. The molecular formula is C11H24NO2+. The van der Waals surface area contributed by atoms with Gasteiger partial charge in [-0.05, 0) is 12.8 Å². The van der Waals surface area contributed by atoms with E-state index >= 15 is 0 Å². The molecule has 0 saturated heterocycles. The summed E-state index contributed by atoms with van der Waals surface area (Å²) in [5.74, 6) is 0.0471. The Kier molecular flexibility index (Phi) is 5.77. The van der Waals surface area contributed by atoms with Gasteiger partial charge in [0.25, 0.3) is 0 Å². The molecule has 0 saturated carbocycles. The van der Waals surface area contributed by atoms with Crippen molar-refractivity contribution in [2.24, 2.45) is 5.92 Å². The SMILES string of the molecule is CCC(CC)C(=O)OCC[N+](C)(C)C. The minimum atomic E-state index is -0.0385. The van der Waals surface area contributed by atoms with E-state index in [0.717, 1.165) is 23.9 Å². The Morgan fingerprint density at radius 2 is 1.71 bits per heavy atom. The molecule has 0 bridgehead atoms. The van der Waals surface area contributed by atoms with E-state index in [2.05, 4.69) is 21.1 Å². The van der Waals surface area contributed by atoms with E-state index in [4.69, 9.17) is 4.74 Å². The minimum absolute atomic E-state index is 0.0385. The summed E-state index contributed by atoms with van der Waals surface area (Å²) >= 11 is 0. The molecule has 0 aromatic carbocycles. The first-order valence-electron chi connectivity index (χ1n) is 5.37. The number of carbonyl (C=O) groups excluding carboxylic acids is 1. The van der Waals surface area contributed by atoms with Crippen LogP contribution in [0, 0.1) is 5.92 Å². The van der Waals surface area contributed by atoms with Crippen LogP contribution in [0.15, 0.2) is 0 Å². The van der Waals surface area contributed by atoms with Gasteiger partial charge < -0.3 is 9.22 Å². The zero-order chi connectivity index (χ0) is 11.2. The van der Waals surface area contributed by atoms with E-state index in [-0.39, 0.29) is 11.9 Å². The van der Waals surface area contributed by atoms with Gasteiger partial charge in [0, 0.05) is 0 Å². The van der Waals surface area contributed by atoms with E-state index < -0.39 is 0 Å². The van der Waals surface area contributed by atoms with Crippen LogP contribution in [0.1, 0.15) is 26.7 Å². The molecule has 0 aliphatic carbocycles. The van der Waals surface area contributed by atoms with Crippen molar-refractivity contribution in [1.29, 1.82) is 0 Å². The highest BCUT2D eigenvalue weighted by atomic mass is 16.5. The number of ether oxygens (including phenoxy) is 1. The number of likely N-dealkylation sites (N-methyl/N-ethyl adjacent to an activating group) is 1. The number of hydrogen-bond acceptors (Lipinski definition) is 2. The molecule has 0 fully saturated rings. The van der Waals surface area contributed by atoms with Crippen molar-refractivity contribution in [3.05, 3.63) is 0 Å². The van der Waals surface area contributed by atoms with Gasteiger partial charge in [0.15, 0.2) is 0 Å². The van der Waals surface area contributed by atoms with Gasteiger partial charge in [0.1, 0.15) is 13.2 Å². The summed E-state index contributed by atoms with van der Waals surface area (Å²) in [6.45, 7) is 5.44. The second-order valence-electron chi connectivity index (χ2n) is 4.69. The van der Waals surface area contributed by atoms with Crippen LogP contribution in [0.3, 0.4) is 0 Å². The summed E-state index contributed by atoms with van der Waals surface area (Å²) in [5, 5.41) is 0. The Morgan fingerprint density at radius 1 is 1.21 bits per heavy atom. The third-order valence-corrected chi connectivity index (χ3v) is 2.33. The van der Waals surface area contributed by atoms with Gasteiger partial charge in [-0.2, -0.15) is 0 Å². The molecule has 0 atom stereocenters. The molecule has 0 aromatic heterocycles. The fraction of sp³-hybridized carbons (Fsp3) is 0.909. The predicted molar refractivity (Wildman–Crippen MR) is 57.9 cm³/mol. The van der Waals surface area contributed by atoms with Crippen LogP contribution in [-0.2, 0) is 9.53 Å². The molecule has 0 aliphatic heterocycles. The largest absolute Gasteiger partial charge is 0.459 e. The van der Waals surface area contributed by atoms with Gasteiger partial charge in [-0.1, -0.05) is 13.8 Å². The lowest BCUT2D eigenvalue weighted by molar-refractivity contribution is -0.870. The molecule has 0 spiro atoms. The van der Waals surface area contributed by atoms with Crippen molar-refractivity contribution in [3.63, 3.8) is 0 Å². The fourth-order valence-electron chi connectivity index (χ4n) is 1.16. The zero-order valence-corrected chi connectivity index (χ0v) is 10.2. The van der Waals surface area contributed by atoms with Crippen molar-refractivity contribution in [1.82, 2.24) is 0 Å². The lowest BCUT2D eigenvalue weighted by atomic mass is 10.0. The minimum Gasteiger partial charge on any atom is -0.459 e. The quantitative estimate of drug-likeness (QED) is 0.484. The monoisotopic (exact) mass is 202 g/mol. The highest BCUT2D eigenvalue weighted by molar-refractivity contribution is 5.72. The molecule has 0 N–H and O–H groups in total. The van der Waals surface area contributed by atoms with Gasteiger partial charge in [-0.15, -0.1) is 0 Å². The summed E-state index contributed by atoms with van der Waals surface area (Å²) in [7, 11) is 6.26. The summed E-state index contributed by atoms with van der Waals surface area (Å²) in [6.07, 6.45) is 1.75. The van der Waals surface area contributed by atoms with Crippen LogP contribution in [-0.4, -0.2) is 44.7 Å². The predicted octanol–water partition coefficient (Wildman–Crippen LogP) is 1.67. The third kappa shape index (κ3) is 5.97. The van der Waals surface area contributed by atoms with Crippen LogP contribution in [0.2, 0.25) is 0 Å². The van der Waals surface area contributed by atoms with Crippen LogP contribution < -0.4 is 0 Å². The molecule has 3 heteroatoms. The maximum absolute atomic E-state index is 11.5. The van der Waals surface area contributed by atoms with Gasteiger partial charge in [0.2, 0.25) is 0 Å². The van der Waals surface area contributed by atoms with Crippen molar-refractivity contribution in [3.8, 4) is 0 Å². The van der Waals surface area contributed by atoms with Crippen molar-refractivity contribution in [2.45, 2.75) is 26.7 Å². The first-order valence-corrected chi connectivity index (χ1v) is 5.37. The maximum Gasteiger partial charge on any atom is 0.309 e. The van der Waals surface area contributed by atoms with Crippen LogP contribution in [0.5, 0.6) is 0 Å². The Labute approximate surface area is 87.6 Å². The topological polar surface area (TPSA) is 26.3 Å². The number of carbonyl (C=O) groups is 1.